The molecule has 7 nitrogen and oxygen atoms in total. The number of nitrogens with one attached hydrogen (secondary N) is 1. The van der Waals surface area contributed by atoms with E-state index in [-0.39, 0.29) is 11.5 Å². The van der Waals surface area contributed by atoms with E-state index in [1.165, 1.54) is 38.5 Å². The Kier molecular flexibility index (Phi) is 5.12. The summed E-state index contributed by atoms with van der Waals surface area (Å²) >= 11 is 6.72. The highest BCUT2D eigenvalue weighted by atomic mass is 35.5. The molecule has 5 rings (SSSR count). The predicted molar refractivity (Wildman–Crippen MR) is 130 cm³/mol. The third-order valence-corrected chi connectivity index (χ3v) is 7.98. The van der Waals surface area contributed by atoms with Crippen LogP contribution < -0.4 is 10.6 Å². The summed E-state index contributed by atoms with van der Waals surface area (Å²) in [5.41, 5.74) is 10.6. The average molecular weight is 452 g/mol. The zero-order valence-corrected chi connectivity index (χ0v) is 19.8. The Morgan fingerprint density at radius 3 is 2.47 bits per heavy atom. The van der Waals surface area contributed by atoms with Crippen LogP contribution in [0.2, 0.25) is 5.02 Å². The van der Waals surface area contributed by atoms with Crippen molar-refractivity contribution in [2.45, 2.75) is 52.4 Å². The fourth-order valence-corrected chi connectivity index (χ4v) is 5.93. The number of nitrogens with two attached hydrogens (primary N) is 1. The molecular formula is C24H30ClN7. The number of benzene rings is 1. The maximum Gasteiger partial charge on any atom is 0.154 e. The molecule has 8 heteroatoms. The number of rotatable bonds is 3. The van der Waals surface area contributed by atoms with Crippen molar-refractivity contribution in [3.63, 3.8) is 0 Å². The second-order valence-corrected chi connectivity index (χ2v) is 9.84. The van der Waals surface area contributed by atoms with Gasteiger partial charge in [0.05, 0.1) is 21.9 Å². The topological polar surface area (TPSA) is 96.7 Å². The van der Waals surface area contributed by atoms with Crippen LogP contribution in [0.25, 0.3) is 10.9 Å². The van der Waals surface area contributed by atoms with Gasteiger partial charge in [-0.1, -0.05) is 24.4 Å². The molecule has 0 unspecified atom stereocenters. The Morgan fingerprint density at radius 2 is 1.78 bits per heavy atom. The molecule has 0 amide bonds. The molecule has 0 bridgehead atoms. The van der Waals surface area contributed by atoms with Crippen molar-refractivity contribution in [2.75, 3.05) is 23.7 Å². The van der Waals surface area contributed by atoms with Gasteiger partial charge in [0.15, 0.2) is 11.6 Å². The minimum atomic E-state index is 0.184. The average Bonchev–Trinajstić information content (AvgIpc) is 3.34. The number of halogens is 1. The standard InChI is InChI=1S/C24H30ClN7/c1-14-23(32-12-10-24(11-13-32)8-4-5-9-24)29-22(27)21(28-14)20(26)16-6-7-17-18(19(16)25)15(2)31(3)30-17/h6-7,26H,4-5,8-13H2,1-3H3,(H2,27,29). The van der Waals surface area contributed by atoms with E-state index in [0.29, 0.717) is 21.7 Å². The SMILES string of the molecule is Cc1nc(C(=N)c2ccc3nn(C)c(C)c3c2Cl)c(N)nc1N1CCC2(CCCC2)CC1. The van der Waals surface area contributed by atoms with E-state index in [1.54, 1.807) is 4.68 Å². The molecule has 3 aromatic rings. The molecule has 0 radical (unpaired) electrons. The number of hydrogen-bond donors (Lipinski definition) is 2. The lowest BCUT2D eigenvalue weighted by atomic mass is 9.77. The molecule has 3 N–H and O–H groups in total. The van der Waals surface area contributed by atoms with Gasteiger partial charge in [0, 0.05) is 36.8 Å². The van der Waals surface area contributed by atoms with Crippen LogP contribution in [0.3, 0.4) is 0 Å². The maximum atomic E-state index is 8.82. The van der Waals surface area contributed by atoms with Crippen molar-refractivity contribution in [3.05, 3.63) is 39.8 Å². The van der Waals surface area contributed by atoms with E-state index >= 15 is 0 Å². The number of nitrogen functional groups attached to an aromatic ring is 1. The van der Waals surface area contributed by atoms with Gasteiger partial charge in [-0.15, -0.1) is 0 Å². The molecular weight excluding hydrogens is 422 g/mol. The molecule has 1 saturated heterocycles. The van der Waals surface area contributed by atoms with Gasteiger partial charge < -0.3 is 10.6 Å². The highest BCUT2D eigenvalue weighted by molar-refractivity contribution is 6.40. The smallest absolute Gasteiger partial charge is 0.154 e. The first kappa shape index (κ1) is 21.2. The number of aromatic nitrogens is 4. The van der Waals surface area contributed by atoms with Crippen LogP contribution in [0.15, 0.2) is 12.1 Å². The molecule has 32 heavy (non-hydrogen) atoms. The molecule has 0 atom stereocenters. The van der Waals surface area contributed by atoms with E-state index in [2.05, 4.69) is 10.00 Å². The van der Waals surface area contributed by atoms with Crippen molar-refractivity contribution < 1.29 is 0 Å². The minimum Gasteiger partial charge on any atom is -0.382 e. The summed E-state index contributed by atoms with van der Waals surface area (Å²) < 4.78 is 1.80. The van der Waals surface area contributed by atoms with Crippen molar-refractivity contribution in [1.29, 1.82) is 5.41 Å². The zero-order chi connectivity index (χ0) is 22.6. The predicted octanol–water partition coefficient (Wildman–Crippen LogP) is 4.79. The van der Waals surface area contributed by atoms with Crippen LogP contribution in [0.5, 0.6) is 0 Å². The molecule has 1 aromatic carbocycles. The summed E-state index contributed by atoms with van der Waals surface area (Å²) in [4.78, 5) is 11.8. The van der Waals surface area contributed by atoms with Crippen molar-refractivity contribution in [3.8, 4) is 0 Å². The molecule has 2 fully saturated rings. The van der Waals surface area contributed by atoms with Crippen LogP contribution in [-0.2, 0) is 7.05 Å². The minimum absolute atomic E-state index is 0.184. The highest BCUT2D eigenvalue weighted by Crippen LogP contribution is 2.46. The van der Waals surface area contributed by atoms with Gasteiger partial charge in [-0.3, -0.25) is 10.1 Å². The molecule has 2 aliphatic rings. The van der Waals surface area contributed by atoms with E-state index in [9.17, 15) is 0 Å². The summed E-state index contributed by atoms with van der Waals surface area (Å²) in [5, 5.41) is 14.6. The maximum absolute atomic E-state index is 8.82. The Bertz CT molecular complexity index is 1210. The van der Waals surface area contributed by atoms with E-state index in [4.69, 9.17) is 32.7 Å². The summed E-state index contributed by atoms with van der Waals surface area (Å²) in [6, 6.07) is 3.70. The van der Waals surface area contributed by atoms with E-state index < -0.39 is 0 Å². The van der Waals surface area contributed by atoms with E-state index in [1.807, 2.05) is 33.0 Å². The largest absolute Gasteiger partial charge is 0.382 e. The van der Waals surface area contributed by atoms with Gasteiger partial charge in [-0.2, -0.15) is 5.10 Å². The Labute approximate surface area is 193 Å². The lowest BCUT2D eigenvalue weighted by Gasteiger charge is -2.40. The molecule has 1 aliphatic carbocycles. The van der Waals surface area contributed by atoms with Crippen molar-refractivity contribution in [1.82, 2.24) is 19.7 Å². The first-order chi connectivity index (χ1) is 15.3. The fourth-order valence-electron chi connectivity index (χ4n) is 5.54. The van der Waals surface area contributed by atoms with Crippen LogP contribution in [-0.4, -0.2) is 38.5 Å². The van der Waals surface area contributed by atoms with Gasteiger partial charge in [0.25, 0.3) is 0 Å². The van der Waals surface area contributed by atoms with Crippen LogP contribution >= 0.6 is 11.6 Å². The first-order valence-electron chi connectivity index (χ1n) is 11.4. The monoisotopic (exact) mass is 451 g/mol. The van der Waals surface area contributed by atoms with Crippen LogP contribution in [0.1, 0.15) is 61.2 Å². The van der Waals surface area contributed by atoms with E-state index in [0.717, 1.165) is 41.2 Å². The summed E-state index contributed by atoms with van der Waals surface area (Å²) in [6.45, 7) is 5.91. The summed E-state index contributed by atoms with van der Waals surface area (Å²) in [7, 11) is 1.89. The number of nitrogens with zero attached hydrogens (tertiary/aromatic N) is 5. The Balaban J connectivity index is 1.45. The first-order valence-corrected chi connectivity index (χ1v) is 11.8. The number of hydrogen-bond acceptors (Lipinski definition) is 6. The Hall–Kier alpha value is -2.67. The third-order valence-electron chi connectivity index (χ3n) is 7.59. The molecule has 1 saturated carbocycles. The normalized spacial score (nSPS) is 18.1. The second-order valence-electron chi connectivity index (χ2n) is 9.47. The number of fused-ring (bicyclic) bond motifs is 1. The number of piperidine rings is 1. The van der Waals surface area contributed by atoms with Crippen molar-refractivity contribution >= 4 is 39.9 Å². The zero-order valence-electron chi connectivity index (χ0n) is 19.0. The molecule has 168 valence electrons. The highest BCUT2D eigenvalue weighted by Gasteiger charge is 2.37. The number of aryl methyl sites for hydroxylation is 3. The second kappa shape index (κ2) is 7.73. The van der Waals surface area contributed by atoms with Gasteiger partial charge in [0.2, 0.25) is 0 Å². The quantitative estimate of drug-likeness (QED) is 0.558. The van der Waals surface area contributed by atoms with Gasteiger partial charge in [-0.25, -0.2) is 9.97 Å². The molecule has 2 aromatic heterocycles. The third kappa shape index (κ3) is 3.34. The summed E-state index contributed by atoms with van der Waals surface area (Å²) in [5.74, 6) is 1.12. The lowest BCUT2D eigenvalue weighted by Crippen LogP contribution is -2.40. The Morgan fingerprint density at radius 1 is 1.09 bits per heavy atom. The van der Waals surface area contributed by atoms with Crippen LogP contribution in [0.4, 0.5) is 11.6 Å². The van der Waals surface area contributed by atoms with Gasteiger partial charge in [-0.05, 0) is 57.1 Å². The van der Waals surface area contributed by atoms with Crippen LogP contribution in [0, 0.1) is 24.7 Å². The lowest BCUT2D eigenvalue weighted by molar-refractivity contribution is 0.226. The molecule has 1 aliphatic heterocycles. The van der Waals surface area contributed by atoms with Crippen molar-refractivity contribution in [2.24, 2.45) is 12.5 Å². The number of anilines is 2. The molecule has 1 spiro atoms. The molecule has 3 heterocycles. The van der Waals surface area contributed by atoms with Gasteiger partial charge in [0.1, 0.15) is 5.69 Å². The van der Waals surface area contributed by atoms with Gasteiger partial charge >= 0.3 is 0 Å². The summed E-state index contributed by atoms with van der Waals surface area (Å²) in [6.07, 6.45) is 7.90. The fraction of sp³-hybridized carbons (Fsp3) is 0.500.